The highest BCUT2D eigenvalue weighted by molar-refractivity contribution is 7.80. The minimum atomic E-state index is -0.195. The predicted octanol–water partition coefficient (Wildman–Crippen LogP) is 1.75. The molecule has 1 atom stereocenters. The summed E-state index contributed by atoms with van der Waals surface area (Å²) in [6.45, 7) is 10.2. The maximum absolute atomic E-state index is 12.1. The maximum Gasteiger partial charge on any atom is 0.268 e. The molecule has 0 amide bonds. The summed E-state index contributed by atoms with van der Waals surface area (Å²) in [6.07, 6.45) is 0. The summed E-state index contributed by atoms with van der Waals surface area (Å²) in [6, 6.07) is 0. The Labute approximate surface area is 113 Å². The smallest absolute Gasteiger partial charge is 0.268 e. The molecular weight excluding hydrogens is 248 g/mol. The van der Waals surface area contributed by atoms with E-state index in [1.165, 1.54) is 4.68 Å². The van der Waals surface area contributed by atoms with E-state index in [1.54, 1.807) is 13.8 Å². The lowest BCUT2D eigenvalue weighted by atomic mass is 9.82. The lowest BCUT2D eigenvalue weighted by Crippen LogP contribution is -2.38. The van der Waals surface area contributed by atoms with Gasteiger partial charge in [-0.3, -0.25) is 14.7 Å². The highest BCUT2D eigenvalue weighted by Crippen LogP contribution is 2.27. The van der Waals surface area contributed by atoms with E-state index in [4.69, 9.17) is 0 Å². The Kier molecular flexibility index (Phi) is 4.48. The number of thiol groups is 1. The van der Waals surface area contributed by atoms with Gasteiger partial charge in [-0.2, -0.15) is 12.6 Å². The van der Waals surface area contributed by atoms with Gasteiger partial charge in [0.25, 0.3) is 11.1 Å². The van der Waals surface area contributed by atoms with Gasteiger partial charge in [0.15, 0.2) is 0 Å². The third kappa shape index (κ3) is 3.07. The van der Waals surface area contributed by atoms with Gasteiger partial charge in [-0.25, -0.2) is 4.68 Å². The number of nitrogens with zero attached hydrogens (tertiary/aromatic N) is 1. The highest BCUT2D eigenvalue weighted by atomic mass is 32.1. The molecule has 1 rings (SSSR count). The topological polar surface area (TPSA) is 54.9 Å². The number of rotatable bonds is 3. The van der Waals surface area contributed by atoms with Crippen LogP contribution in [0, 0.1) is 25.2 Å². The van der Waals surface area contributed by atoms with Gasteiger partial charge in [0.05, 0.1) is 0 Å². The van der Waals surface area contributed by atoms with Crippen molar-refractivity contribution in [3.8, 4) is 0 Å². The third-order valence-electron chi connectivity index (χ3n) is 3.55. The van der Waals surface area contributed by atoms with Crippen molar-refractivity contribution in [2.24, 2.45) is 11.3 Å². The molecule has 5 heteroatoms. The van der Waals surface area contributed by atoms with Crippen LogP contribution in [-0.2, 0) is 6.54 Å². The van der Waals surface area contributed by atoms with E-state index in [9.17, 15) is 9.59 Å². The fraction of sp³-hybridized carbons (Fsp3) is 0.692. The molecule has 0 spiro atoms. The Balaban J connectivity index is 3.21. The van der Waals surface area contributed by atoms with Crippen molar-refractivity contribution in [3.63, 3.8) is 0 Å². The molecule has 0 radical (unpaired) electrons. The van der Waals surface area contributed by atoms with Gasteiger partial charge in [-0.05, 0) is 30.9 Å². The molecule has 0 aliphatic rings. The lowest BCUT2D eigenvalue weighted by Gasteiger charge is -2.29. The average Bonchev–Trinajstić information content (AvgIpc) is 2.27. The molecule has 1 unspecified atom stereocenters. The van der Waals surface area contributed by atoms with E-state index in [1.807, 2.05) is 0 Å². The average molecular weight is 270 g/mol. The minimum absolute atomic E-state index is 0.0386. The maximum atomic E-state index is 12.1. The van der Waals surface area contributed by atoms with E-state index >= 15 is 0 Å². The molecule has 0 aromatic carbocycles. The first kappa shape index (κ1) is 15.1. The largest absolute Gasteiger partial charge is 0.268 e. The first-order chi connectivity index (χ1) is 8.18. The van der Waals surface area contributed by atoms with Gasteiger partial charge in [0, 0.05) is 17.7 Å². The first-order valence-electron chi connectivity index (χ1n) is 6.09. The molecule has 102 valence electrons. The standard InChI is InChI=1S/C13H22N2O2S/c1-8-9(2)12(17)15(14-11(8)16)6-10(7-18)13(3,4)5/h10,18H,6-7H2,1-5H3,(H,14,16). The molecule has 0 fully saturated rings. The minimum Gasteiger partial charge on any atom is -0.268 e. The number of aromatic amines is 1. The Bertz CT molecular complexity index is 537. The second-order valence-corrected chi connectivity index (χ2v) is 6.22. The van der Waals surface area contributed by atoms with Gasteiger partial charge in [-0.1, -0.05) is 20.8 Å². The summed E-state index contributed by atoms with van der Waals surface area (Å²) >= 11 is 4.34. The SMILES string of the molecule is Cc1c(C)c(=O)n(CC(CS)C(C)(C)C)[nH]c1=O. The van der Waals surface area contributed by atoms with Gasteiger partial charge in [-0.15, -0.1) is 0 Å². The van der Waals surface area contributed by atoms with Crippen molar-refractivity contribution in [2.75, 3.05) is 5.75 Å². The molecule has 4 nitrogen and oxygen atoms in total. The summed E-state index contributed by atoms with van der Waals surface area (Å²) < 4.78 is 1.41. The molecule has 0 saturated heterocycles. The van der Waals surface area contributed by atoms with Crippen molar-refractivity contribution < 1.29 is 0 Å². The number of aromatic nitrogens is 2. The highest BCUT2D eigenvalue weighted by Gasteiger charge is 2.24. The number of nitrogens with one attached hydrogen (secondary N) is 1. The van der Waals surface area contributed by atoms with Gasteiger partial charge < -0.3 is 0 Å². The van der Waals surface area contributed by atoms with Crippen molar-refractivity contribution in [2.45, 2.75) is 41.2 Å². The number of hydrogen-bond acceptors (Lipinski definition) is 3. The van der Waals surface area contributed by atoms with Crippen LogP contribution in [0.4, 0.5) is 0 Å². The summed E-state index contributed by atoms with van der Waals surface area (Å²) in [5.41, 5.74) is 0.735. The van der Waals surface area contributed by atoms with E-state index in [2.05, 4.69) is 38.5 Å². The molecule has 1 aromatic heterocycles. The van der Waals surface area contributed by atoms with Gasteiger partial charge in [0.1, 0.15) is 0 Å². The van der Waals surface area contributed by atoms with Crippen molar-refractivity contribution >= 4 is 12.6 Å². The van der Waals surface area contributed by atoms with Crippen LogP contribution in [0.5, 0.6) is 0 Å². The van der Waals surface area contributed by atoms with E-state index in [-0.39, 0.29) is 22.5 Å². The summed E-state index contributed by atoms with van der Waals surface area (Å²) in [5.74, 6) is 0.890. The fourth-order valence-corrected chi connectivity index (χ4v) is 2.41. The van der Waals surface area contributed by atoms with Crippen molar-refractivity contribution in [1.29, 1.82) is 0 Å². The molecule has 0 aliphatic carbocycles. The Morgan fingerprint density at radius 2 is 1.78 bits per heavy atom. The van der Waals surface area contributed by atoms with Crippen LogP contribution in [0.2, 0.25) is 0 Å². The van der Waals surface area contributed by atoms with Gasteiger partial charge in [0.2, 0.25) is 0 Å². The monoisotopic (exact) mass is 270 g/mol. The Morgan fingerprint density at radius 3 is 2.22 bits per heavy atom. The lowest BCUT2D eigenvalue weighted by molar-refractivity contribution is 0.227. The molecule has 0 aliphatic heterocycles. The molecule has 1 N–H and O–H groups in total. The Hall–Kier alpha value is -0.970. The zero-order valence-corrected chi connectivity index (χ0v) is 12.6. The molecule has 0 bridgehead atoms. The number of hydrogen-bond donors (Lipinski definition) is 2. The molecule has 1 aromatic rings. The van der Waals surface area contributed by atoms with E-state index < -0.39 is 0 Å². The van der Waals surface area contributed by atoms with Gasteiger partial charge >= 0.3 is 0 Å². The molecule has 18 heavy (non-hydrogen) atoms. The van der Waals surface area contributed by atoms with Crippen molar-refractivity contribution in [1.82, 2.24) is 9.78 Å². The van der Waals surface area contributed by atoms with Crippen LogP contribution in [0.25, 0.3) is 0 Å². The van der Waals surface area contributed by atoms with Crippen LogP contribution < -0.4 is 11.1 Å². The second-order valence-electron chi connectivity index (χ2n) is 5.85. The second kappa shape index (κ2) is 5.34. The quantitative estimate of drug-likeness (QED) is 0.822. The summed E-state index contributed by atoms with van der Waals surface area (Å²) in [7, 11) is 0. The molecule has 0 saturated carbocycles. The summed E-state index contributed by atoms with van der Waals surface area (Å²) in [5, 5.41) is 2.64. The predicted molar refractivity (Wildman–Crippen MR) is 77.6 cm³/mol. The zero-order valence-electron chi connectivity index (χ0n) is 11.7. The zero-order chi connectivity index (χ0) is 14.1. The van der Waals surface area contributed by atoms with Crippen LogP contribution in [-0.4, -0.2) is 15.5 Å². The van der Waals surface area contributed by atoms with Crippen LogP contribution in [0.15, 0.2) is 9.59 Å². The number of H-pyrrole nitrogens is 1. The third-order valence-corrected chi connectivity index (χ3v) is 3.99. The van der Waals surface area contributed by atoms with E-state index in [0.717, 1.165) is 0 Å². The first-order valence-corrected chi connectivity index (χ1v) is 6.73. The fourth-order valence-electron chi connectivity index (χ4n) is 1.74. The molecule has 1 heterocycles. The normalized spacial score (nSPS) is 13.7. The van der Waals surface area contributed by atoms with Crippen molar-refractivity contribution in [3.05, 3.63) is 31.8 Å². The Morgan fingerprint density at radius 1 is 1.22 bits per heavy atom. The van der Waals surface area contributed by atoms with Crippen LogP contribution >= 0.6 is 12.6 Å². The summed E-state index contributed by atoms with van der Waals surface area (Å²) in [4.78, 5) is 23.8. The van der Waals surface area contributed by atoms with Crippen LogP contribution in [0.3, 0.4) is 0 Å². The van der Waals surface area contributed by atoms with Crippen LogP contribution in [0.1, 0.15) is 31.9 Å². The molecular formula is C13H22N2O2S. The van der Waals surface area contributed by atoms with E-state index in [0.29, 0.717) is 23.4 Å².